The van der Waals surface area contributed by atoms with Crippen molar-refractivity contribution in [3.63, 3.8) is 0 Å². The lowest BCUT2D eigenvalue weighted by molar-refractivity contribution is 0.102. The third kappa shape index (κ3) is 3.30. The van der Waals surface area contributed by atoms with Gasteiger partial charge in [-0.1, -0.05) is 29.3 Å². The summed E-state index contributed by atoms with van der Waals surface area (Å²) in [6, 6.07) is 20.2. The predicted octanol–water partition coefficient (Wildman–Crippen LogP) is 4.63. The number of fused-ring (bicyclic) bond motifs is 1. The highest BCUT2D eigenvalue weighted by Crippen LogP contribution is 2.18. The first-order chi connectivity index (χ1) is 12.6. The summed E-state index contributed by atoms with van der Waals surface area (Å²) in [6.07, 6.45) is 0. The van der Waals surface area contributed by atoms with Crippen molar-refractivity contribution in [1.82, 2.24) is 15.0 Å². The van der Waals surface area contributed by atoms with Crippen molar-refractivity contribution in [2.24, 2.45) is 0 Å². The van der Waals surface area contributed by atoms with E-state index in [-0.39, 0.29) is 5.91 Å². The van der Waals surface area contributed by atoms with E-state index in [0.717, 1.165) is 22.3 Å². The van der Waals surface area contributed by atoms with Crippen LogP contribution in [0.1, 0.15) is 15.9 Å². The number of aryl methyl sites for hydroxylation is 1. The zero-order chi connectivity index (χ0) is 18.1. The SMILES string of the molecule is Cc1ccc(C(=O)Nc2ccc(-n3nc4ccc(Cl)cc4n3)cc2)cc1. The van der Waals surface area contributed by atoms with Crippen LogP contribution >= 0.6 is 11.6 Å². The van der Waals surface area contributed by atoms with Gasteiger partial charge < -0.3 is 5.32 Å². The molecule has 0 unspecified atom stereocenters. The van der Waals surface area contributed by atoms with Crippen molar-refractivity contribution in [3.05, 3.63) is 82.9 Å². The van der Waals surface area contributed by atoms with Crippen LogP contribution in [0.3, 0.4) is 0 Å². The molecular formula is C20H15ClN4O. The van der Waals surface area contributed by atoms with Gasteiger partial charge in [-0.25, -0.2) is 0 Å². The number of halogens is 1. The predicted molar refractivity (Wildman–Crippen MR) is 103 cm³/mol. The lowest BCUT2D eigenvalue weighted by Gasteiger charge is -2.06. The first kappa shape index (κ1) is 16.3. The second kappa shape index (κ2) is 6.61. The molecule has 3 aromatic carbocycles. The number of rotatable bonds is 3. The summed E-state index contributed by atoms with van der Waals surface area (Å²) in [7, 11) is 0. The molecule has 26 heavy (non-hydrogen) atoms. The molecule has 1 heterocycles. The Balaban J connectivity index is 1.54. The number of anilines is 1. The van der Waals surface area contributed by atoms with Gasteiger partial charge >= 0.3 is 0 Å². The van der Waals surface area contributed by atoms with Crippen molar-refractivity contribution in [1.29, 1.82) is 0 Å². The van der Waals surface area contributed by atoms with Crippen molar-refractivity contribution < 1.29 is 4.79 Å². The first-order valence-electron chi connectivity index (χ1n) is 8.09. The second-order valence-corrected chi connectivity index (χ2v) is 6.43. The van der Waals surface area contributed by atoms with Gasteiger partial charge in [0.2, 0.25) is 0 Å². The zero-order valence-electron chi connectivity index (χ0n) is 14.0. The van der Waals surface area contributed by atoms with Crippen LogP contribution in [0.2, 0.25) is 5.02 Å². The van der Waals surface area contributed by atoms with E-state index in [1.807, 2.05) is 61.5 Å². The summed E-state index contributed by atoms with van der Waals surface area (Å²) in [5.74, 6) is -0.143. The Kier molecular flexibility index (Phi) is 4.14. The van der Waals surface area contributed by atoms with E-state index in [4.69, 9.17) is 11.6 Å². The van der Waals surface area contributed by atoms with E-state index in [2.05, 4.69) is 15.5 Å². The molecule has 0 aliphatic carbocycles. The summed E-state index contributed by atoms with van der Waals surface area (Å²) in [6.45, 7) is 1.99. The Morgan fingerprint density at radius 3 is 2.35 bits per heavy atom. The molecule has 5 nitrogen and oxygen atoms in total. The fourth-order valence-corrected chi connectivity index (χ4v) is 2.76. The largest absolute Gasteiger partial charge is 0.322 e. The van der Waals surface area contributed by atoms with Crippen LogP contribution in [0, 0.1) is 6.92 Å². The van der Waals surface area contributed by atoms with Crippen molar-refractivity contribution in [2.75, 3.05) is 5.32 Å². The number of hydrogen-bond acceptors (Lipinski definition) is 3. The Morgan fingerprint density at radius 2 is 1.62 bits per heavy atom. The van der Waals surface area contributed by atoms with E-state index >= 15 is 0 Å². The Bertz CT molecular complexity index is 1090. The summed E-state index contributed by atoms with van der Waals surface area (Å²) in [5.41, 5.74) is 4.74. The standard InChI is InChI=1S/C20H15ClN4O/c1-13-2-4-14(5-3-13)20(26)22-16-7-9-17(10-8-16)25-23-18-11-6-15(21)12-19(18)24-25/h2-12H,1H3,(H,22,26). The molecule has 0 radical (unpaired) electrons. The van der Waals surface area contributed by atoms with Gasteiger partial charge in [-0.05, 0) is 61.5 Å². The minimum atomic E-state index is -0.143. The first-order valence-corrected chi connectivity index (χ1v) is 8.47. The molecule has 1 amide bonds. The maximum absolute atomic E-state index is 12.3. The molecule has 0 fully saturated rings. The van der Waals surface area contributed by atoms with E-state index in [1.165, 1.54) is 0 Å². The van der Waals surface area contributed by atoms with E-state index in [1.54, 1.807) is 16.9 Å². The fraction of sp³-hybridized carbons (Fsp3) is 0.0500. The highest BCUT2D eigenvalue weighted by Gasteiger charge is 2.08. The molecule has 0 bridgehead atoms. The van der Waals surface area contributed by atoms with Crippen LogP contribution in [-0.2, 0) is 0 Å². The average Bonchev–Trinajstić information content (AvgIpc) is 3.06. The smallest absolute Gasteiger partial charge is 0.255 e. The lowest BCUT2D eigenvalue weighted by atomic mass is 10.1. The maximum atomic E-state index is 12.3. The number of aromatic nitrogens is 3. The highest BCUT2D eigenvalue weighted by molar-refractivity contribution is 6.31. The van der Waals surface area contributed by atoms with Gasteiger partial charge in [-0.2, -0.15) is 4.80 Å². The van der Waals surface area contributed by atoms with Gasteiger partial charge in [-0.3, -0.25) is 4.79 Å². The second-order valence-electron chi connectivity index (χ2n) is 5.99. The number of carbonyl (C=O) groups excluding carboxylic acids is 1. The van der Waals surface area contributed by atoms with E-state index in [0.29, 0.717) is 16.3 Å². The molecule has 0 atom stereocenters. The average molecular weight is 363 g/mol. The maximum Gasteiger partial charge on any atom is 0.255 e. The number of nitrogens with zero attached hydrogens (tertiary/aromatic N) is 3. The number of hydrogen-bond donors (Lipinski definition) is 1. The molecule has 0 saturated heterocycles. The minimum Gasteiger partial charge on any atom is -0.322 e. The molecule has 4 aromatic rings. The van der Waals surface area contributed by atoms with Gasteiger partial charge in [-0.15, -0.1) is 10.2 Å². The number of nitrogens with one attached hydrogen (secondary N) is 1. The van der Waals surface area contributed by atoms with E-state index in [9.17, 15) is 4.79 Å². The van der Waals surface area contributed by atoms with Crippen LogP contribution in [0.15, 0.2) is 66.7 Å². The summed E-state index contributed by atoms with van der Waals surface area (Å²) in [4.78, 5) is 13.8. The Labute approximate surface area is 155 Å². The number of amides is 1. The Morgan fingerprint density at radius 1 is 0.923 bits per heavy atom. The molecule has 1 aromatic heterocycles. The van der Waals surface area contributed by atoms with Gasteiger partial charge in [0.1, 0.15) is 11.0 Å². The summed E-state index contributed by atoms with van der Waals surface area (Å²) < 4.78 is 0. The van der Waals surface area contributed by atoms with Gasteiger partial charge in [0.15, 0.2) is 0 Å². The van der Waals surface area contributed by atoms with Gasteiger partial charge in [0, 0.05) is 16.3 Å². The molecular weight excluding hydrogens is 348 g/mol. The van der Waals surface area contributed by atoms with Crippen LogP contribution in [0.25, 0.3) is 16.7 Å². The topological polar surface area (TPSA) is 59.8 Å². The number of carbonyl (C=O) groups is 1. The van der Waals surface area contributed by atoms with Gasteiger partial charge in [0.25, 0.3) is 5.91 Å². The Hall–Kier alpha value is -3.18. The van der Waals surface area contributed by atoms with Crippen LogP contribution in [0.4, 0.5) is 5.69 Å². The third-order valence-electron chi connectivity index (χ3n) is 4.01. The molecule has 0 saturated carbocycles. The van der Waals surface area contributed by atoms with Crippen molar-refractivity contribution in [2.45, 2.75) is 6.92 Å². The van der Waals surface area contributed by atoms with Crippen LogP contribution in [0.5, 0.6) is 0 Å². The zero-order valence-corrected chi connectivity index (χ0v) is 14.7. The summed E-state index contributed by atoms with van der Waals surface area (Å²) in [5, 5.41) is 12.4. The minimum absolute atomic E-state index is 0.143. The quantitative estimate of drug-likeness (QED) is 0.577. The van der Waals surface area contributed by atoms with Gasteiger partial charge in [0.05, 0.1) is 5.69 Å². The van der Waals surface area contributed by atoms with Crippen LogP contribution in [-0.4, -0.2) is 20.9 Å². The molecule has 0 spiro atoms. The molecule has 6 heteroatoms. The highest BCUT2D eigenvalue weighted by atomic mass is 35.5. The number of benzene rings is 3. The molecule has 128 valence electrons. The van der Waals surface area contributed by atoms with Crippen LogP contribution < -0.4 is 5.32 Å². The van der Waals surface area contributed by atoms with E-state index < -0.39 is 0 Å². The monoisotopic (exact) mass is 362 g/mol. The molecule has 0 aliphatic rings. The fourth-order valence-electron chi connectivity index (χ4n) is 2.59. The third-order valence-corrected chi connectivity index (χ3v) is 4.25. The normalized spacial score (nSPS) is 10.8. The van der Waals surface area contributed by atoms with Crippen molar-refractivity contribution >= 4 is 34.2 Å². The summed E-state index contributed by atoms with van der Waals surface area (Å²) >= 11 is 5.99. The van der Waals surface area contributed by atoms with Crippen molar-refractivity contribution in [3.8, 4) is 5.69 Å². The molecule has 0 aliphatic heterocycles. The lowest BCUT2D eigenvalue weighted by Crippen LogP contribution is -2.11. The molecule has 1 N–H and O–H groups in total. The molecule has 4 rings (SSSR count).